The molecule has 0 bridgehead atoms. The third-order valence-corrected chi connectivity index (χ3v) is 3.20. The van der Waals surface area contributed by atoms with E-state index in [1.165, 1.54) is 11.3 Å². The van der Waals surface area contributed by atoms with Crippen LogP contribution in [0.1, 0.15) is 10.5 Å². The van der Waals surface area contributed by atoms with E-state index in [1.807, 2.05) is 12.1 Å². The average molecular weight is 278 g/mol. The molecule has 0 N–H and O–H groups in total. The largest absolute Gasteiger partial charge is 0.448 e. The molecule has 1 heterocycles. The molecule has 18 heavy (non-hydrogen) atoms. The fourth-order valence-corrected chi connectivity index (χ4v) is 2.28. The van der Waals surface area contributed by atoms with Crippen LogP contribution < -0.4 is 0 Å². The SMILES string of the molecule is C#CCOC(=O)c1csc(-c2cccc(Cl)c2)n1. The summed E-state index contributed by atoms with van der Waals surface area (Å²) in [6, 6.07) is 7.27. The molecule has 0 spiro atoms. The second-order valence-electron chi connectivity index (χ2n) is 3.33. The Balaban J connectivity index is 2.21. The molecule has 1 aromatic heterocycles. The molecule has 90 valence electrons. The lowest BCUT2D eigenvalue weighted by Crippen LogP contribution is -2.05. The molecule has 2 aromatic rings. The molecule has 0 radical (unpaired) electrons. The molecule has 0 aliphatic carbocycles. The number of carbonyl (C=O) groups excluding carboxylic acids is 1. The Hall–Kier alpha value is -1.83. The van der Waals surface area contributed by atoms with Crippen molar-refractivity contribution in [1.82, 2.24) is 4.98 Å². The van der Waals surface area contributed by atoms with Crippen LogP contribution in [0.25, 0.3) is 10.6 Å². The van der Waals surface area contributed by atoms with E-state index in [0.717, 1.165) is 5.56 Å². The number of hydrogen-bond donors (Lipinski definition) is 0. The average Bonchev–Trinajstić information content (AvgIpc) is 2.85. The van der Waals surface area contributed by atoms with Gasteiger partial charge in [0.05, 0.1) is 0 Å². The Bertz CT molecular complexity index is 615. The Morgan fingerprint density at radius 1 is 1.56 bits per heavy atom. The minimum atomic E-state index is -0.516. The van der Waals surface area contributed by atoms with Crippen molar-refractivity contribution in [3.8, 4) is 22.9 Å². The lowest BCUT2D eigenvalue weighted by atomic mass is 10.2. The van der Waals surface area contributed by atoms with Crippen LogP contribution in [0, 0.1) is 12.3 Å². The second-order valence-corrected chi connectivity index (χ2v) is 4.62. The predicted octanol–water partition coefficient (Wildman–Crippen LogP) is 3.25. The van der Waals surface area contributed by atoms with Crippen LogP contribution in [0.4, 0.5) is 0 Å². The first-order valence-electron chi connectivity index (χ1n) is 5.03. The zero-order valence-electron chi connectivity index (χ0n) is 9.22. The summed E-state index contributed by atoms with van der Waals surface area (Å²) in [4.78, 5) is 15.7. The quantitative estimate of drug-likeness (QED) is 0.639. The molecule has 0 saturated heterocycles. The van der Waals surface area contributed by atoms with Gasteiger partial charge in [0, 0.05) is 16.0 Å². The Labute approximate surface area is 113 Å². The van der Waals surface area contributed by atoms with Gasteiger partial charge in [-0.25, -0.2) is 9.78 Å². The van der Waals surface area contributed by atoms with E-state index < -0.39 is 5.97 Å². The number of nitrogens with zero attached hydrogens (tertiary/aromatic N) is 1. The molecule has 1 aromatic carbocycles. The summed E-state index contributed by atoms with van der Waals surface area (Å²) in [5, 5.41) is 2.97. The molecule has 0 atom stereocenters. The van der Waals surface area contributed by atoms with Gasteiger partial charge in [-0.1, -0.05) is 29.7 Å². The van der Waals surface area contributed by atoms with Crippen LogP contribution in [0.5, 0.6) is 0 Å². The number of benzene rings is 1. The van der Waals surface area contributed by atoms with Crippen molar-refractivity contribution in [3.05, 3.63) is 40.4 Å². The Morgan fingerprint density at radius 2 is 2.39 bits per heavy atom. The molecule has 0 amide bonds. The number of carbonyl (C=O) groups is 1. The lowest BCUT2D eigenvalue weighted by molar-refractivity contribution is 0.0551. The first-order valence-corrected chi connectivity index (χ1v) is 6.28. The van der Waals surface area contributed by atoms with Crippen molar-refractivity contribution >= 4 is 28.9 Å². The van der Waals surface area contributed by atoms with Gasteiger partial charge in [-0.05, 0) is 12.1 Å². The number of ether oxygens (including phenoxy) is 1. The van der Waals surface area contributed by atoms with E-state index >= 15 is 0 Å². The number of thiazole rings is 1. The predicted molar refractivity (Wildman–Crippen MR) is 71.7 cm³/mol. The summed E-state index contributed by atoms with van der Waals surface area (Å²) in [6.45, 7) is -0.0527. The van der Waals surface area contributed by atoms with E-state index in [1.54, 1.807) is 17.5 Å². The van der Waals surface area contributed by atoms with Gasteiger partial charge in [0.2, 0.25) is 0 Å². The zero-order valence-corrected chi connectivity index (χ0v) is 10.8. The molecule has 0 unspecified atom stereocenters. The van der Waals surface area contributed by atoms with Crippen LogP contribution in [-0.2, 0) is 4.74 Å². The molecule has 3 nitrogen and oxygen atoms in total. The van der Waals surface area contributed by atoms with E-state index in [2.05, 4.69) is 10.9 Å². The highest BCUT2D eigenvalue weighted by molar-refractivity contribution is 7.13. The van der Waals surface area contributed by atoms with E-state index in [0.29, 0.717) is 10.0 Å². The molecule has 5 heteroatoms. The van der Waals surface area contributed by atoms with E-state index in [4.69, 9.17) is 22.8 Å². The van der Waals surface area contributed by atoms with Gasteiger partial charge in [0.25, 0.3) is 0 Å². The van der Waals surface area contributed by atoms with Crippen molar-refractivity contribution in [1.29, 1.82) is 0 Å². The van der Waals surface area contributed by atoms with Crippen molar-refractivity contribution in [2.24, 2.45) is 0 Å². The summed E-state index contributed by atoms with van der Waals surface area (Å²) in [7, 11) is 0. The molecule has 0 aliphatic heterocycles. The molecule has 0 aliphatic rings. The molecule has 0 saturated carbocycles. The topological polar surface area (TPSA) is 39.2 Å². The van der Waals surface area contributed by atoms with Crippen LogP contribution in [0.2, 0.25) is 5.02 Å². The van der Waals surface area contributed by atoms with E-state index in [9.17, 15) is 4.79 Å². The van der Waals surface area contributed by atoms with Gasteiger partial charge in [0.15, 0.2) is 12.3 Å². The third-order valence-electron chi connectivity index (χ3n) is 2.07. The van der Waals surface area contributed by atoms with Crippen molar-refractivity contribution in [2.75, 3.05) is 6.61 Å². The summed E-state index contributed by atoms with van der Waals surface area (Å²) < 4.78 is 4.79. The second kappa shape index (κ2) is 5.67. The van der Waals surface area contributed by atoms with E-state index in [-0.39, 0.29) is 12.3 Å². The van der Waals surface area contributed by atoms with Crippen molar-refractivity contribution < 1.29 is 9.53 Å². The van der Waals surface area contributed by atoms with Gasteiger partial charge in [-0.2, -0.15) is 0 Å². The summed E-state index contributed by atoms with van der Waals surface area (Å²) in [5.41, 5.74) is 1.12. The van der Waals surface area contributed by atoms with Crippen LogP contribution >= 0.6 is 22.9 Å². The molecular formula is C13H8ClNO2S. The molecule has 2 rings (SSSR count). The number of esters is 1. The number of terminal acetylenes is 1. The van der Waals surface area contributed by atoms with Gasteiger partial charge >= 0.3 is 5.97 Å². The monoisotopic (exact) mass is 277 g/mol. The van der Waals surface area contributed by atoms with Crippen molar-refractivity contribution in [2.45, 2.75) is 0 Å². The number of aromatic nitrogens is 1. The number of halogens is 1. The molecular weight excluding hydrogens is 270 g/mol. The smallest absolute Gasteiger partial charge is 0.358 e. The zero-order chi connectivity index (χ0) is 13.0. The maximum atomic E-state index is 11.5. The maximum Gasteiger partial charge on any atom is 0.358 e. The standard InChI is InChI=1S/C13H8ClNO2S/c1-2-6-17-13(16)11-8-18-12(15-11)9-4-3-5-10(14)7-9/h1,3-5,7-8H,6H2. The van der Waals surface area contributed by atoms with Gasteiger partial charge < -0.3 is 4.74 Å². The van der Waals surface area contributed by atoms with Crippen LogP contribution in [0.15, 0.2) is 29.6 Å². The maximum absolute atomic E-state index is 11.5. The van der Waals surface area contributed by atoms with Gasteiger partial charge in [-0.3, -0.25) is 0 Å². The first-order chi connectivity index (χ1) is 8.70. The third kappa shape index (κ3) is 2.89. The highest BCUT2D eigenvalue weighted by Gasteiger charge is 2.12. The highest BCUT2D eigenvalue weighted by Crippen LogP contribution is 2.26. The Morgan fingerprint density at radius 3 is 3.11 bits per heavy atom. The fourth-order valence-electron chi connectivity index (χ4n) is 1.30. The molecule has 0 fully saturated rings. The lowest BCUT2D eigenvalue weighted by Gasteiger charge is -1.97. The first kappa shape index (κ1) is 12.6. The minimum absolute atomic E-state index is 0.0527. The van der Waals surface area contributed by atoms with Gasteiger partial charge in [0.1, 0.15) is 5.01 Å². The van der Waals surface area contributed by atoms with Crippen molar-refractivity contribution in [3.63, 3.8) is 0 Å². The minimum Gasteiger partial charge on any atom is -0.448 e. The van der Waals surface area contributed by atoms with Crippen LogP contribution in [-0.4, -0.2) is 17.6 Å². The summed E-state index contributed by atoms with van der Waals surface area (Å²) in [6.07, 6.45) is 5.01. The number of rotatable bonds is 3. The van der Waals surface area contributed by atoms with Crippen LogP contribution in [0.3, 0.4) is 0 Å². The summed E-state index contributed by atoms with van der Waals surface area (Å²) >= 11 is 7.25. The van der Waals surface area contributed by atoms with Gasteiger partial charge in [-0.15, -0.1) is 17.8 Å². The Kier molecular flexibility index (Phi) is 3.98. The summed E-state index contributed by atoms with van der Waals surface area (Å²) in [5.74, 6) is 1.71. The highest BCUT2D eigenvalue weighted by atomic mass is 35.5. The fraction of sp³-hybridized carbons (Fsp3) is 0.0769. The number of hydrogen-bond acceptors (Lipinski definition) is 4. The normalized spacial score (nSPS) is 9.78.